The molecular formula is C19H17F3N5O2+. The van der Waals surface area contributed by atoms with Crippen LogP contribution < -0.4 is 9.88 Å². The van der Waals surface area contributed by atoms with Crippen LogP contribution >= 0.6 is 0 Å². The van der Waals surface area contributed by atoms with Crippen LogP contribution in [0.1, 0.15) is 11.1 Å². The number of hydrogen-bond acceptors (Lipinski definition) is 5. The number of nitriles is 1. The van der Waals surface area contributed by atoms with Crippen molar-refractivity contribution in [3.63, 3.8) is 0 Å². The Labute approximate surface area is 164 Å². The van der Waals surface area contributed by atoms with Gasteiger partial charge in [0.25, 0.3) is 11.5 Å². The number of halogens is 3. The topological polar surface area (TPSA) is 87.5 Å². The third-order valence-corrected chi connectivity index (χ3v) is 4.64. The van der Waals surface area contributed by atoms with Gasteiger partial charge in [-0.05, 0) is 6.07 Å². The molecule has 3 rings (SSSR count). The van der Waals surface area contributed by atoms with Crippen molar-refractivity contribution in [1.29, 1.82) is 5.26 Å². The minimum absolute atomic E-state index is 0.0654. The number of aromatic amines is 1. The molecule has 0 amide bonds. The number of hydrogen-bond donors (Lipinski definition) is 0. The normalized spacial score (nSPS) is 15.2. The van der Waals surface area contributed by atoms with Gasteiger partial charge in [-0.3, -0.25) is 15.0 Å². The number of nitro benzene ring substituents is 1. The van der Waals surface area contributed by atoms with E-state index in [2.05, 4.69) is 4.98 Å². The molecule has 1 aromatic heterocycles. The molecule has 1 saturated heterocycles. The van der Waals surface area contributed by atoms with Crippen LogP contribution in [0.5, 0.6) is 0 Å². The molecule has 0 unspecified atom stereocenters. The molecule has 1 N–H and O–H groups in total. The number of anilines is 1. The van der Waals surface area contributed by atoms with Gasteiger partial charge in [0.2, 0.25) is 0 Å². The van der Waals surface area contributed by atoms with E-state index >= 15 is 0 Å². The number of nitrogens with one attached hydrogen (secondary N) is 1. The first-order valence-corrected chi connectivity index (χ1v) is 8.73. The molecule has 29 heavy (non-hydrogen) atoms. The highest BCUT2D eigenvalue weighted by Crippen LogP contribution is 2.29. The minimum atomic E-state index is -4.40. The molecule has 0 radical (unpaired) electrons. The van der Waals surface area contributed by atoms with Crippen molar-refractivity contribution in [3.8, 4) is 6.07 Å². The Kier molecular flexibility index (Phi) is 5.68. The highest BCUT2D eigenvalue weighted by molar-refractivity contribution is 5.68. The highest BCUT2D eigenvalue weighted by Gasteiger charge is 2.32. The van der Waals surface area contributed by atoms with E-state index in [1.807, 2.05) is 15.9 Å². The predicted octanol–water partition coefficient (Wildman–Crippen LogP) is 3.11. The van der Waals surface area contributed by atoms with E-state index in [0.29, 0.717) is 43.3 Å². The summed E-state index contributed by atoms with van der Waals surface area (Å²) in [6.07, 6.45) is -2.12. The van der Waals surface area contributed by atoms with Crippen LogP contribution in [0.25, 0.3) is 5.70 Å². The summed E-state index contributed by atoms with van der Waals surface area (Å²) in [6.45, 7) is 2.04. The lowest BCUT2D eigenvalue weighted by atomic mass is 10.1. The second-order valence-electron chi connectivity index (χ2n) is 6.40. The number of nitro groups is 1. The van der Waals surface area contributed by atoms with Gasteiger partial charge < -0.3 is 4.90 Å². The number of benzene rings is 1. The Balaban J connectivity index is 1.73. The maximum Gasteiger partial charge on any atom is 0.419 e. The van der Waals surface area contributed by atoms with Gasteiger partial charge in [0.15, 0.2) is 0 Å². The molecule has 0 aliphatic carbocycles. The van der Waals surface area contributed by atoms with E-state index in [1.54, 1.807) is 12.1 Å². The molecule has 10 heteroatoms. The summed E-state index contributed by atoms with van der Waals surface area (Å²) >= 11 is 0. The van der Waals surface area contributed by atoms with Crippen molar-refractivity contribution < 1.29 is 23.1 Å². The maximum atomic E-state index is 12.7. The van der Waals surface area contributed by atoms with Crippen LogP contribution in [0.2, 0.25) is 0 Å². The fourth-order valence-electron chi connectivity index (χ4n) is 3.18. The van der Waals surface area contributed by atoms with E-state index in [0.717, 1.165) is 12.3 Å². The molecule has 0 atom stereocenters. The van der Waals surface area contributed by atoms with Gasteiger partial charge in [-0.2, -0.15) is 18.4 Å². The van der Waals surface area contributed by atoms with Gasteiger partial charge in [-0.25, -0.2) is 4.98 Å². The van der Waals surface area contributed by atoms with Crippen molar-refractivity contribution in [2.45, 2.75) is 6.18 Å². The Morgan fingerprint density at radius 1 is 1.21 bits per heavy atom. The summed E-state index contributed by atoms with van der Waals surface area (Å²) in [5.74, 6) is 0.568. The number of allylic oxidation sites excluding steroid dienone is 1. The second-order valence-corrected chi connectivity index (χ2v) is 6.40. The molecule has 0 spiro atoms. The lowest BCUT2D eigenvalue weighted by Gasteiger charge is -2.34. The van der Waals surface area contributed by atoms with Crippen LogP contribution in [0.3, 0.4) is 0 Å². The number of alkyl halides is 3. The zero-order valence-corrected chi connectivity index (χ0v) is 15.2. The summed E-state index contributed by atoms with van der Waals surface area (Å²) in [4.78, 5) is 17.1. The van der Waals surface area contributed by atoms with Crippen LogP contribution in [-0.2, 0) is 6.18 Å². The summed E-state index contributed by atoms with van der Waals surface area (Å²) in [7, 11) is 0. The van der Waals surface area contributed by atoms with Gasteiger partial charge in [-0.1, -0.05) is 12.1 Å². The summed E-state index contributed by atoms with van der Waals surface area (Å²) in [6, 6.07) is 10.5. The van der Waals surface area contributed by atoms with Crippen LogP contribution in [0.15, 0.2) is 48.7 Å². The van der Waals surface area contributed by atoms with Crippen molar-refractivity contribution in [2.24, 2.45) is 0 Å². The molecule has 1 aliphatic heterocycles. The lowest BCUT2D eigenvalue weighted by Crippen LogP contribution is -2.47. The van der Waals surface area contributed by atoms with E-state index in [-0.39, 0.29) is 5.69 Å². The minimum Gasteiger partial charge on any atom is -0.363 e. The van der Waals surface area contributed by atoms with Crippen LogP contribution in [0.4, 0.5) is 24.7 Å². The first-order chi connectivity index (χ1) is 13.8. The summed E-state index contributed by atoms with van der Waals surface area (Å²) in [5.41, 5.74) is 0.330. The van der Waals surface area contributed by atoms with E-state index in [9.17, 15) is 23.3 Å². The monoisotopic (exact) mass is 404 g/mol. The molecule has 0 saturated carbocycles. The van der Waals surface area contributed by atoms with Gasteiger partial charge in [-0.15, -0.1) is 0 Å². The van der Waals surface area contributed by atoms with Gasteiger partial charge in [0, 0.05) is 29.8 Å². The maximum absolute atomic E-state index is 12.7. The smallest absolute Gasteiger partial charge is 0.363 e. The van der Waals surface area contributed by atoms with Crippen molar-refractivity contribution in [2.75, 3.05) is 31.1 Å². The molecule has 1 aliphatic rings. The van der Waals surface area contributed by atoms with E-state index in [1.165, 1.54) is 24.3 Å². The Morgan fingerprint density at radius 2 is 1.93 bits per heavy atom. The third kappa shape index (κ3) is 4.63. The summed E-state index contributed by atoms with van der Waals surface area (Å²) in [5, 5.41) is 20.2. The molecule has 0 bridgehead atoms. The third-order valence-electron chi connectivity index (χ3n) is 4.64. The Hall–Kier alpha value is -3.61. The van der Waals surface area contributed by atoms with Crippen LogP contribution in [0, 0.1) is 21.4 Å². The van der Waals surface area contributed by atoms with Gasteiger partial charge in [0.05, 0.1) is 35.3 Å². The molecule has 2 aromatic rings. The Bertz CT molecular complexity index is 959. The fourth-order valence-corrected chi connectivity index (χ4v) is 3.18. The fraction of sp³-hybridized carbons (Fsp3) is 0.263. The quantitative estimate of drug-likeness (QED) is 0.444. The average molecular weight is 404 g/mol. The van der Waals surface area contributed by atoms with E-state index in [4.69, 9.17) is 5.26 Å². The van der Waals surface area contributed by atoms with E-state index < -0.39 is 16.7 Å². The predicted molar refractivity (Wildman–Crippen MR) is 98.5 cm³/mol. The number of rotatable bonds is 4. The average Bonchev–Trinajstić information content (AvgIpc) is 2.72. The number of non-ortho nitro benzene ring substituents is 1. The van der Waals surface area contributed by atoms with Crippen molar-refractivity contribution in [1.82, 2.24) is 4.90 Å². The van der Waals surface area contributed by atoms with Crippen LogP contribution in [-0.4, -0.2) is 36.0 Å². The SMILES string of the molecule is N#C/C=C(\c1cccc([N+](=O)[O-])c1)N1CCN(c2ccc(C(F)(F)F)c[nH+]2)CC1. The number of nitrogens with zero attached hydrogens (tertiary/aromatic N) is 4. The first-order valence-electron chi connectivity index (χ1n) is 8.73. The van der Waals surface area contributed by atoms with Crippen molar-refractivity contribution in [3.05, 3.63) is 69.9 Å². The highest BCUT2D eigenvalue weighted by atomic mass is 19.4. The number of pyridine rings is 1. The number of aromatic nitrogens is 1. The number of H-pyrrole nitrogens is 1. The zero-order valence-electron chi connectivity index (χ0n) is 15.2. The molecule has 2 heterocycles. The number of piperazine rings is 1. The zero-order chi connectivity index (χ0) is 21.0. The van der Waals surface area contributed by atoms with Crippen molar-refractivity contribution >= 4 is 17.2 Å². The standard InChI is InChI=1S/C19H16F3N5O2/c20-19(21,22)15-4-5-18(24-13-15)26-10-8-25(9-11-26)17(6-7-23)14-2-1-3-16(12-14)27(28)29/h1-6,12-13H,8-11H2/p+1/b17-6+. The van der Waals surface area contributed by atoms with Gasteiger partial charge >= 0.3 is 6.18 Å². The Morgan fingerprint density at radius 3 is 2.48 bits per heavy atom. The van der Waals surface area contributed by atoms with Gasteiger partial charge in [0.1, 0.15) is 19.3 Å². The largest absolute Gasteiger partial charge is 0.419 e. The molecule has 1 aromatic carbocycles. The summed E-state index contributed by atoms with van der Waals surface area (Å²) < 4.78 is 38.1. The molecular weight excluding hydrogens is 387 g/mol. The molecule has 1 fully saturated rings. The lowest BCUT2D eigenvalue weighted by molar-refractivity contribution is -0.384. The molecule has 7 nitrogen and oxygen atoms in total. The second kappa shape index (κ2) is 8.18. The first kappa shape index (κ1) is 20.1. The molecule has 150 valence electrons.